The van der Waals surface area contributed by atoms with Gasteiger partial charge < -0.3 is 9.64 Å². The van der Waals surface area contributed by atoms with Crippen molar-refractivity contribution in [3.05, 3.63) is 59.8 Å². The van der Waals surface area contributed by atoms with Crippen LogP contribution in [0.4, 0.5) is 13.2 Å². The molecule has 2 aliphatic rings. The molecule has 2 saturated heterocycles. The first-order chi connectivity index (χ1) is 15.3. The highest BCUT2D eigenvalue weighted by Crippen LogP contribution is 2.41. The van der Waals surface area contributed by atoms with E-state index in [0.29, 0.717) is 12.1 Å². The van der Waals surface area contributed by atoms with Gasteiger partial charge in [0, 0.05) is 30.9 Å². The van der Waals surface area contributed by atoms with Crippen molar-refractivity contribution in [3.63, 3.8) is 0 Å². The van der Waals surface area contributed by atoms with Crippen molar-refractivity contribution in [2.75, 3.05) is 0 Å². The number of alkyl halides is 3. The predicted octanol–water partition coefficient (Wildman–Crippen LogP) is 3.21. The van der Waals surface area contributed by atoms with E-state index in [1.54, 1.807) is 17.2 Å². The fourth-order valence-corrected chi connectivity index (χ4v) is 4.48. The van der Waals surface area contributed by atoms with Crippen LogP contribution in [0.25, 0.3) is 5.69 Å². The molecule has 2 bridgehead atoms. The minimum Gasteiger partial charge on any atom is -0.472 e. The van der Waals surface area contributed by atoms with Crippen LogP contribution in [-0.2, 0) is 6.18 Å². The van der Waals surface area contributed by atoms with Gasteiger partial charge in [-0.15, -0.1) is 4.80 Å². The Bertz CT molecular complexity index is 1130. The van der Waals surface area contributed by atoms with Crippen LogP contribution in [0.2, 0.25) is 0 Å². The second-order valence-electron chi connectivity index (χ2n) is 7.98. The molecule has 3 aromatic heterocycles. The second kappa shape index (κ2) is 7.57. The van der Waals surface area contributed by atoms with Gasteiger partial charge in [0.2, 0.25) is 5.88 Å². The number of carbonyl (C=O) groups is 1. The summed E-state index contributed by atoms with van der Waals surface area (Å²) in [6.07, 6.45) is 2.78. The minimum absolute atomic E-state index is 0.0338. The molecule has 0 radical (unpaired) electrons. The van der Waals surface area contributed by atoms with Crippen molar-refractivity contribution in [1.29, 1.82) is 0 Å². The van der Waals surface area contributed by atoms with E-state index in [4.69, 9.17) is 4.74 Å². The Balaban J connectivity index is 1.37. The molecular weight excluding hydrogens is 425 g/mol. The van der Waals surface area contributed by atoms with Gasteiger partial charge in [0.05, 0.1) is 24.0 Å². The highest BCUT2D eigenvalue weighted by Gasteiger charge is 2.50. The molecule has 166 valence electrons. The normalized spacial score (nSPS) is 22.4. The number of hydrogen-bond donors (Lipinski definition) is 0. The lowest BCUT2D eigenvalue weighted by Crippen LogP contribution is -2.40. The van der Waals surface area contributed by atoms with E-state index in [2.05, 4.69) is 20.2 Å². The van der Waals surface area contributed by atoms with Crippen LogP contribution < -0.4 is 4.74 Å². The monoisotopic (exact) mass is 444 g/mol. The number of halogens is 3. The van der Waals surface area contributed by atoms with Gasteiger partial charge in [-0.2, -0.15) is 23.4 Å². The molecule has 3 atom stereocenters. The zero-order chi connectivity index (χ0) is 22.5. The zero-order valence-electron chi connectivity index (χ0n) is 17.0. The maximum absolute atomic E-state index is 13.5. The summed E-state index contributed by atoms with van der Waals surface area (Å²) in [5.41, 5.74) is 0.776. The fourth-order valence-electron chi connectivity index (χ4n) is 4.48. The quantitative estimate of drug-likeness (QED) is 0.614. The standard InChI is InChI=1S/C21H19F3N6O2/c1-12-8-16(30-27-6-7-28-30)19(26-10-12)20(31)29-14-3-4-15(29)17(9-14)32-18-5-2-13(11-25-18)21(22,23)24/h2,5-8,10-11,14-15,17H,3-4,9H2,1H3. The van der Waals surface area contributed by atoms with Gasteiger partial charge in [0.1, 0.15) is 11.8 Å². The first-order valence-electron chi connectivity index (χ1n) is 10.2. The van der Waals surface area contributed by atoms with Gasteiger partial charge in [-0.05, 0) is 37.5 Å². The molecule has 5 rings (SSSR count). The van der Waals surface area contributed by atoms with Gasteiger partial charge in [-0.1, -0.05) is 0 Å². The molecule has 0 spiro atoms. The second-order valence-corrected chi connectivity index (χ2v) is 7.98. The smallest absolute Gasteiger partial charge is 0.417 e. The lowest BCUT2D eigenvalue weighted by Gasteiger charge is -2.25. The summed E-state index contributed by atoms with van der Waals surface area (Å²) in [5, 5.41) is 8.26. The van der Waals surface area contributed by atoms with E-state index >= 15 is 0 Å². The van der Waals surface area contributed by atoms with E-state index in [9.17, 15) is 18.0 Å². The maximum atomic E-state index is 13.5. The van der Waals surface area contributed by atoms with Gasteiger partial charge >= 0.3 is 6.18 Å². The van der Waals surface area contributed by atoms with Crippen LogP contribution in [0.5, 0.6) is 5.88 Å². The lowest BCUT2D eigenvalue weighted by atomic mass is 9.98. The minimum atomic E-state index is -4.46. The number of aromatic nitrogens is 5. The van der Waals surface area contributed by atoms with Crippen LogP contribution in [0, 0.1) is 6.92 Å². The van der Waals surface area contributed by atoms with Crippen molar-refractivity contribution in [2.45, 2.75) is 50.6 Å². The summed E-state index contributed by atoms with van der Waals surface area (Å²) in [5.74, 6) is -0.130. The Labute approximate surface area is 181 Å². The number of pyridine rings is 2. The van der Waals surface area contributed by atoms with Crippen molar-refractivity contribution < 1.29 is 22.7 Å². The Morgan fingerprint density at radius 3 is 2.59 bits per heavy atom. The average Bonchev–Trinajstić information content (AvgIpc) is 3.49. The molecule has 1 amide bonds. The number of amides is 1. The van der Waals surface area contributed by atoms with Crippen LogP contribution in [0.3, 0.4) is 0 Å². The highest BCUT2D eigenvalue weighted by molar-refractivity contribution is 5.96. The first-order valence-corrected chi connectivity index (χ1v) is 10.2. The SMILES string of the molecule is Cc1cnc(C(=O)N2C3CCC2C(Oc2ccc(C(F)(F)F)cn2)C3)c(-n2nccn2)c1. The lowest BCUT2D eigenvalue weighted by molar-refractivity contribution is -0.137. The molecule has 2 aliphatic heterocycles. The topological polar surface area (TPSA) is 86.0 Å². The third-order valence-electron chi connectivity index (χ3n) is 5.89. The molecule has 2 fully saturated rings. The summed E-state index contributed by atoms with van der Waals surface area (Å²) >= 11 is 0. The van der Waals surface area contributed by atoms with Gasteiger partial charge in [0.25, 0.3) is 5.91 Å². The predicted molar refractivity (Wildman–Crippen MR) is 105 cm³/mol. The third-order valence-corrected chi connectivity index (χ3v) is 5.89. The van der Waals surface area contributed by atoms with Gasteiger partial charge in [-0.3, -0.25) is 4.79 Å². The molecule has 0 aliphatic carbocycles. The largest absolute Gasteiger partial charge is 0.472 e. The fraction of sp³-hybridized carbons (Fsp3) is 0.381. The Morgan fingerprint density at radius 1 is 1.12 bits per heavy atom. The van der Waals surface area contributed by atoms with Crippen molar-refractivity contribution >= 4 is 5.91 Å². The molecule has 0 saturated carbocycles. The Morgan fingerprint density at radius 2 is 1.91 bits per heavy atom. The molecule has 32 heavy (non-hydrogen) atoms. The van der Waals surface area contributed by atoms with Crippen molar-refractivity contribution in [3.8, 4) is 11.6 Å². The maximum Gasteiger partial charge on any atom is 0.417 e. The third kappa shape index (κ3) is 3.57. The van der Waals surface area contributed by atoms with E-state index in [1.807, 2.05) is 6.92 Å². The molecule has 5 heterocycles. The molecular formula is C21H19F3N6O2. The number of carbonyl (C=O) groups excluding carboxylic acids is 1. The number of ether oxygens (including phenoxy) is 1. The summed E-state index contributed by atoms with van der Waals surface area (Å²) in [6.45, 7) is 1.87. The van der Waals surface area contributed by atoms with E-state index in [1.165, 1.54) is 23.3 Å². The van der Waals surface area contributed by atoms with Gasteiger partial charge in [0.15, 0.2) is 5.69 Å². The first kappa shape index (κ1) is 20.4. The number of fused-ring (bicyclic) bond motifs is 2. The molecule has 11 heteroatoms. The van der Waals surface area contributed by atoms with Crippen molar-refractivity contribution in [2.24, 2.45) is 0 Å². The Kier molecular flexibility index (Phi) is 4.83. The summed E-state index contributed by atoms with van der Waals surface area (Å²) < 4.78 is 44.2. The zero-order valence-corrected chi connectivity index (χ0v) is 17.0. The molecule has 0 N–H and O–H groups in total. The summed E-state index contributed by atoms with van der Waals surface area (Å²) in [6, 6.07) is 3.71. The number of rotatable bonds is 4. The average molecular weight is 444 g/mol. The van der Waals surface area contributed by atoms with E-state index in [0.717, 1.165) is 30.7 Å². The van der Waals surface area contributed by atoms with E-state index in [-0.39, 0.29) is 35.7 Å². The molecule has 3 unspecified atom stereocenters. The van der Waals surface area contributed by atoms with Crippen LogP contribution in [-0.4, -0.2) is 54.0 Å². The van der Waals surface area contributed by atoms with Crippen molar-refractivity contribution in [1.82, 2.24) is 29.9 Å². The molecule has 3 aromatic rings. The number of aryl methyl sites for hydroxylation is 1. The van der Waals surface area contributed by atoms with Crippen LogP contribution in [0.15, 0.2) is 43.0 Å². The number of nitrogens with zero attached hydrogens (tertiary/aromatic N) is 6. The van der Waals surface area contributed by atoms with Crippen LogP contribution in [0.1, 0.15) is 40.9 Å². The van der Waals surface area contributed by atoms with Gasteiger partial charge in [-0.25, -0.2) is 9.97 Å². The summed E-state index contributed by atoms with van der Waals surface area (Å²) in [4.78, 5) is 24.8. The highest BCUT2D eigenvalue weighted by atomic mass is 19.4. The van der Waals surface area contributed by atoms with Crippen LogP contribution >= 0.6 is 0 Å². The van der Waals surface area contributed by atoms with E-state index < -0.39 is 11.7 Å². The molecule has 0 aromatic carbocycles. The number of hydrogen-bond acceptors (Lipinski definition) is 6. The summed E-state index contributed by atoms with van der Waals surface area (Å²) in [7, 11) is 0. The molecule has 8 nitrogen and oxygen atoms in total. The Hall–Kier alpha value is -3.50.